The van der Waals surface area contributed by atoms with Crippen LogP contribution in [0.25, 0.3) is 0 Å². The van der Waals surface area contributed by atoms with E-state index in [1.807, 2.05) is 0 Å². The molecule has 0 bridgehead atoms. The van der Waals surface area contributed by atoms with E-state index in [9.17, 15) is 9.59 Å². The highest BCUT2D eigenvalue weighted by Crippen LogP contribution is 2.05. The van der Waals surface area contributed by atoms with Gasteiger partial charge in [0.25, 0.3) is 0 Å². The molecule has 6 heteroatoms. The molecular formula is C12H21NO5. The number of hydrogen-bond acceptors (Lipinski definition) is 5. The Morgan fingerprint density at radius 3 is 2.44 bits per heavy atom. The predicted molar refractivity (Wildman–Crippen MR) is 66.2 cm³/mol. The van der Waals surface area contributed by atoms with Crippen molar-refractivity contribution >= 4 is 12.1 Å². The summed E-state index contributed by atoms with van der Waals surface area (Å²) >= 11 is 0. The molecule has 0 unspecified atom stereocenters. The fourth-order valence-corrected chi connectivity index (χ4v) is 0.902. The van der Waals surface area contributed by atoms with Crippen molar-refractivity contribution in [3.63, 3.8) is 0 Å². The lowest BCUT2D eigenvalue weighted by atomic mass is 10.2. The van der Waals surface area contributed by atoms with Gasteiger partial charge in [0.15, 0.2) is 0 Å². The average Bonchev–Trinajstić information content (AvgIpc) is 2.25. The van der Waals surface area contributed by atoms with Crippen LogP contribution in [0.1, 0.15) is 20.8 Å². The van der Waals surface area contributed by atoms with Crippen molar-refractivity contribution in [3.05, 3.63) is 12.7 Å². The van der Waals surface area contributed by atoms with Gasteiger partial charge < -0.3 is 19.5 Å². The Kier molecular flexibility index (Phi) is 7.78. The molecule has 0 saturated carbocycles. The third-order valence-electron chi connectivity index (χ3n) is 1.55. The van der Waals surface area contributed by atoms with Crippen LogP contribution in [0.4, 0.5) is 4.79 Å². The van der Waals surface area contributed by atoms with Crippen molar-refractivity contribution in [1.82, 2.24) is 5.32 Å². The Balaban J connectivity index is 3.38. The molecule has 0 fully saturated rings. The first-order valence-corrected chi connectivity index (χ1v) is 5.69. The quantitative estimate of drug-likeness (QED) is 0.423. The van der Waals surface area contributed by atoms with Gasteiger partial charge in [0.05, 0.1) is 13.2 Å². The summed E-state index contributed by atoms with van der Waals surface area (Å²) in [7, 11) is 0. The van der Waals surface area contributed by atoms with Gasteiger partial charge in [0, 0.05) is 12.6 Å². The molecule has 0 aliphatic carbocycles. The second-order valence-corrected chi connectivity index (χ2v) is 4.41. The minimum atomic E-state index is -0.510. The lowest BCUT2D eigenvalue weighted by Gasteiger charge is -2.19. The van der Waals surface area contributed by atoms with Gasteiger partial charge >= 0.3 is 12.1 Å². The summed E-state index contributed by atoms with van der Waals surface area (Å²) < 4.78 is 14.8. The van der Waals surface area contributed by atoms with Crippen LogP contribution >= 0.6 is 0 Å². The molecule has 0 radical (unpaired) electrons. The van der Waals surface area contributed by atoms with Crippen molar-refractivity contribution in [2.24, 2.45) is 0 Å². The number of alkyl carbamates (subject to hydrolysis) is 1. The van der Waals surface area contributed by atoms with Crippen LogP contribution in [-0.2, 0) is 19.0 Å². The van der Waals surface area contributed by atoms with Gasteiger partial charge in [0.1, 0.15) is 12.2 Å². The van der Waals surface area contributed by atoms with E-state index in [1.165, 1.54) is 0 Å². The van der Waals surface area contributed by atoms with Crippen LogP contribution in [0.15, 0.2) is 12.7 Å². The molecular weight excluding hydrogens is 238 g/mol. The van der Waals surface area contributed by atoms with Gasteiger partial charge in [-0.05, 0) is 20.8 Å². The van der Waals surface area contributed by atoms with Gasteiger partial charge in [-0.2, -0.15) is 0 Å². The summed E-state index contributed by atoms with van der Waals surface area (Å²) in [5, 5.41) is 2.54. The molecule has 0 atom stereocenters. The van der Waals surface area contributed by atoms with Crippen LogP contribution < -0.4 is 5.32 Å². The van der Waals surface area contributed by atoms with Gasteiger partial charge in [-0.1, -0.05) is 6.58 Å². The van der Waals surface area contributed by atoms with Crippen molar-refractivity contribution in [1.29, 1.82) is 0 Å². The number of hydrogen-bond donors (Lipinski definition) is 1. The molecule has 0 rings (SSSR count). The molecule has 18 heavy (non-hydrogen) atoms. The summed E-state index contributed by atoms with van der Waals surface area (Å²) in [6.07, 6.45) is 0.605. The van der Waals surface area contributed by atoms with E-state index in [1.54, 1.807) is 20.8 Å². The molecule has 6 nitrogen and oxygen atoms in total. The summed E-state index contributed by atoms with van der Waals surface area (Å²) in [5.74, 6) is -0.481. The largest absolute Gasteiger partial charge is 0.460 e. The molecule has 0 saturated heterocycles. The Morgan fingerprint density at radius 1 is 1.22 bits per heavy atom. The Morgan fingerprint density at radius 2 is 1.89 bits per heavy atom. The minimum Gasteiger partial charge on any atom is -0.460 e. The second-order valence-electron chi connectivity index (χ2n) is 4.41. The molecule has 1 amide bonds. The Hall–Kier alpha value is -1.56. The first-order valence-electron chi connectivity index (χ1n) is 5.69. The van der Waals surface area contributed by atoms with Gasteiger partial charge in [-0.25, -0.2) is 9.59 Å². The van der Waals surface area contributed by atoms with Crippen LogP contribution in [0.2, 0.25) is 0 Å². The van der Waals surface area contributed by atoms with Gasteiger partial charge in [-0.15, -0.1) is 0 Å². The topological polar surface area (TPSA) is 73.9 Å². The zero-order chi connectivity index (χ0) is 14.0. The number of ether oxygens (including phenoxy) is 3. The van der Waals surface area contributed by atoms with Gasteiger partial charge in [-0.3, -0.25) is 0 Å². The van der Waals surface area contributed by atoms with Crippen LogP contribution in [0.3, 0.4) is 0 Å². The van der Waals surface area contributed by atoms with Crippen molar-refractivity contribution in [2.75, 3.05) is 26.4 Å². The molecule has 0 spiro atoms. The molecule has 104 valence electrons. The lowest BCUT2D eigenvalue weighted by molar-refractivity contribution is -0.139. The number of carbonyl (C=O) groups excluding carboxylic acids is 2. The molecule has 0 aromatic rings. The molecule has 0 heterocycles. The standard InChI is InChI=1S/C12H21NO5/c1-5-10(14)17-9-8-16-7-6-13-11(15)18-12(2,3)4/h5H,1,6-9H2,2-4H3,(H,13,15). The first-order chi connectivity index (χ1) is 8.35. The summed E-state index contributed by atoms with van der Waals surface area (Å²) in [5.41, 5.74) is -0.510. The SMILES string of the molecule is C=CC(=O)OCCOCCNC(=O)OC(C)(C)C. The summed E-state index contributed by atoms with van der Waals surface area (Å²) in [6.45, 7) is 9.73. The maximum atomic E-state index is 11.2. The van der Waals surface area contributed by atoms with E-state index in [-0.39, 0.29) is 13.2 Å². The number of amides is 1. The van der Waals surface area contributed by atoms with E-state index < -0.39 is 17.7 Å². The van der Waals surface area contributed by atoms with Crippen molar-refractivity contribution < 1.29 is 23.8 Å². The molecule has 0 aromatic heterocycles. The third kappa shape index (κ3) is 10.9. The van der Waals surface area contributed by atoms with E-state index >= 15 is 0 Å². The summed E-state index contributed by atoms with van der Waals surface area (Å²) in [4.78, 5) is 21.9. The smallest absolute Gasteiger partial charge is 0.407 e. The van der Waals surface area contributed by atoms with E-state index in [4.69, 9.17) is 14.2 Å². The van der Waals surface area contributed by atoms with Crippen LogP contribution in [0, 0.1) is 0 Å². The Labute approximate surface area is 107 Å². The fraction of sp³-hybridized carbons (Fsp3) is 0.667. The monoisotopic (exact) mass is 259 g/mol. The summed E-state index contributed by atoms with van der Waals surface area (Å²) in [6, 6.07) is 0. The first kappa shape index (κ1) is 16.4. The van der Waals surface area contributed by atoms with Crippen LogP contribution in [0.5, 0.6) is 0 Å². The highest BCUT2D eigenvalue weighted by molar-refractivity contribution is 5.81. The number of nitrogens with one attached hydrogen (secondary N) is 1. The Bertz CT molecular complexity index is 283. The van der Waals surface area contributed by atoms with E-state index in [0.29, 0.717) is 13.2 Å². The second kappa shape index (κ2) is 8.52. The third-order valence-corrected chi connectivity index (χ3v) is 1.55. The minimum absolute atomic E-state index is 0.164. The normalized spacial score (nSPS) is 10.6. The van der Waals surface area contributed by atoms with E-state index in [0.717, 1.165) is 6.08 Å². The average molecular weight is 259 g/mol. The molecule has 0 aromatic carbocycles. The maximum absolute atomic E-state index is 11.2. The molecule has 0 aliphatic rings. The van der Waals surface area contributed by atoms with Crippen LogP contribution in [-0.4, -0.2) is 44.0 Å². The highest BCUT2D eigenvalue weighted by atomic mass is 16.6. The number of carbonyl (C=O) groups is 2. The number of esters is 1. The van der Waals surface area contributed by atoms with E-state index in [2.05, 4.69) is 11.9 Å². The highest BCUT2D eigenvalue weighted by Gasteiger charge is 2.15. The van der Waals surface area contributed by atoms with Crippen molar-refractivity contribution in [3.8, 4) is 0 Å². The molecule has 1 N–H and O–H groups in total. The zero-order valence-electron chi connectivity index (χ0n) is 11.2. The number of rotatable bonds is 7. The lowest BCUT2D eigenvalue weighted by Crippen LogP contribution is -2.34. The van der Waals surface area contributed by atoms with Gasteiger partial charge in [0.2, 0.25) is 0 Å². The molecule has 0 aliphatic heterocycles. The maximum Gasteiger partial charge on any atom is 0.407 e. The van der Waals surface area contributed by atoms with Crippen molar-refractivity contribution in [2.45, 2.75) is 26.4 Å². The zero-order valence-corrected chi connectivity index (χ0v) is 11.2. The fourth-order valence-electron chi connectivity index (χ4n) is 0.902. The predicted octanol–water partition coefficient (Wildman–Crippen LogP) is 1.26.